The standard InChI is InChI=1S/C40H66N7O18P3S/c1-6-7-8-11-14-27-25(2)26(3)28(62-27)15-12-9-10-13-16-31(49)69-20-19-42-30(48)17-18-43-38(52)35(51)40(4,5)22-61-68(58,59)65-67(56,57)60-21-29-34(64-66(53,54)55)33(50)39(63-29)47-24-46-32-36(41)44-23-45-37(32)47/h23-24,29,33-35,39,50-51H,6-22H2,1-5H3,(H,42,48)(H,43,52)(H,56,57)(H,58,59)(H2,41,44,45)(H2,53,54,55). The molecule has 0 aromatic carbocycles. The molecule has 0 bridgehead atoms. The molecule has 390 valence electrons. The Bertz CT molecular complexity index is 2330. The summed E-state index contributed by atoms with van der Waals surface area (Å²) in [6.07, 6.45) is 3.84. The van der Waals surface area contributed by atoms with E-state index in [1.54, 1.807) is 0 Å². The molecule has 4 heterocycles. The molecular formula is C40H66N7O18P3S. The molecule has 29 heteroatoms. The number of carbonyl (C=O) groups is 3. The molecule has 1 aliphatic heterocycles. The predicted octanol–water partition coefficient (Wildman–Crippen LogP) is 4.19. The number of aromatic nitrogens is 4. The number of phosphoric acid groups is 3. The number of fused-ring (bicyclic) bond motifs is 1. The summed E-state index contributed by atoms with van der Waals surface area (Å²) in [5.41, 5.74) is 6.78. The van der Waals surface area contributed by atoms with E-state index in [1.165, 1.54) is 44.2 Å². The smallest absolute Gasteiger partial charge is 0.466 e. The van der Waals surface area contributed by atoms with Crippen LogP contribution in [0.5, 0.6) is 0 Å². The number of nitrogens with one attached hydrogen (secondary N) is 2. The van der Waals surface area contributed by atoms with Crippen molar-refractivity contribution in [2.24, 2.45) is 5.41 Å². The lowest BCUT2D eigenvalue weighted by Gasteiger charge is -2.30. The van der Waals surface area contributed by atoms with Crippen LogP contribution in [0, 0.1) is 19.3 Å². The van der Waals surface area contributed by atoms with Crippen molar-refractivity contribution in [3.8, 4) is 0 Å². The van der Waals surface area contributed by atoms with Crippen molar-refractivity contribution in [3.63, 3.8) is 0 Å². The summed E-state index contributed by atoms with van der Waals surface area (Å²) >= 11 is 1.13. The molecule has 25 nitrogen and oxygen atoms in total. The number of phosphoric ester groups is 3. The van der Waals surface area contributed by atoms with Crippen LogP contribution in [0.4, 0.5) is 5.82 Å². The van der Waals surface area contributed by atoms with Gasteiger partial charge in [-0.1, -0.05) is 64.6 Å². The van der Waals surface area contributed by atoms with E-state index in [-0.39, 0.29) is 41.6 Å². The van der Waals surface area contributed by atoms with Crippen LogP contribution in [0.2, 0.25) is 0 Å². The van der Waals surface area contributed by atoms with Crippen molar-refractivity contribution in [1.29, 1.82) is 0 Å². The summed E-state index contributed by atoms with van der Waals surface area (Å²) in [6.45, 7) is 6.97. The first kappa shape index (κ1) is 58.4. The minimum Gasteiger partial charge on any atom is -0.466 e. The van der Waals surface area contributed by atoms with Gasteiger partial charge in [0, 0.05) is 49.9 Å². The third-order valence-corrected chi connectivity index (χ3v) is 15.2. The van der Waals surface area contributed by atoms with Crippen LogP contribution in [0.25, 0.3) is 11.2 Å². The average molecular weight is 1060 g/mol. The monoisotopic (exact) mass is 1060 g/mol. The number of aliphatic hydroxyl groups excluding tert-OH is 2. The van der Waals surface area contributed by atoms with Gasteiger partial charge in [0.25, 0.3) is 0 Å². The zero-order chi connectivity index (χ0) is 51.2. The molecule has 7 unspecified atom stereocenters. The highest BCUT2D eigenvalue weighted by molar-refractivity contribution is 8.13. The molecule has 10 N–H and O–H groups in total. The van der Waals surface area contributed by atoms with Crippen LogP contribution >= 0.6 is 35.2 Å². The number of rotatable bonds is 31. The van der Waals surface area contributed by atoms with Gasteiger partial charge in [0.05, 0.1) is 19.5 Å². The summed E-state index contributed by atoms with van der Waals surface area (Å²) in [7, 11) is -16.4. The number of anilines is 1. The molecule has 69 heavy (non-hydrogen) atoms. The van der Waals surface area contributed by atoms with E-state index in [0.29, 0.717) is 12.2 Å². The van der Waals surface area contributed by atoms with E-state index in [9.17, 15) is 57.9 Å². The highest BCUT2D eigenvalue weighted by Gasteiger charge is 2.50. The van der Waals surface area contributed by atoms with E-state index in [4.69, 9.17) is 23.9 Å². The lowest BCUT2D eigenvalue weighted by atomic mass is 9.87. The van der Waals surface area contributed by atoms with E-state index in [2.05, 4.69) is 55.2 Å². The first-order valence-electron chi connectivity index (χ1n) is 22.5. The van der Waals surface area contributed by atoms with Crippen LogP contribution in [-0.2, 0) is 63.5 Å². The summed E-state index contributed by atoms with van der Waals surface area (Å²) in [5.74, 6) is 1.09. The summed E-state index contributed by atoms with van der Waals surface area (Å²) in [4.78, 5) is 88.6. The van der Waals surface area contributed by atoms with Crippen molar-refractivity contribution in [3.05, 3.63) is 35.3 Å². The Morgan fingerprint density at radius 2 is 1.54 bits per heavy atom. The largest absolute Gasteiger partial charge is 0.481 e. The predicted molar refractivity (Wildman–Crippen MR) is 250 cm³/mol. The van der Waals surface area contributed by atoms with Crippen LogP contribution in [0.15, 0.2) is 17.1 Å². The maximum absolute atomic E-state index is 12.8. The van der Waals surface area contributed by atoms with Gasteiger partial charge in [0.2, 0.25) is 11.8 Å². The molecular weight excluding hydrogens is 991 g/mol. The summed E-state index contributed by atoms with van der Waals surface area (Å²) < 4.78 is 68.7. The fourth-order valence-corrected chi connectivity index (χ4v) is 10.7. The molecule has 0 spiro atoms. The number of thioether (sulfide) groups is 1. The van der Waals surface area contributed by atoms with Gasteiger partial charge in [-0.3, -0.25) is 32.5 Å². The number of nitrogens with zero attached hydrogens (tertiary/aromatic N) is 4. The maximum Gasteiger partial charge on any atom is 0.481 e. The highest BCUT2D eigenvalue weighted by atomic mass is 32.2. The van der Waals surface area contributed by atoms with E-state index in [0.717, 1.165) is 85.4 Å². The Morgan fingerprint density at radius 3 is 2.19 bits per heavy atom. The average Bonchev–Trinajstić information content (AvgIpc) is 3.92. The van der Waals surface area contributed by atoms with Gasteiger partial charge < -0.3 is 55.3 Å². The van der Waals surface area contributed by atoms with Gasteiger partial charge >= 0.3 is 23.5 Å². The van der Waals surface area contributed by atoms with Gasteiger partial charge in [-0.05, 0) is 44.2 Å². The second-order valence-corrected chi connectivity index (χ2v) is 22.6. The molecule has 1 fully saturated rings. The number of nitrogens with two attached hydrogens (primary N) is 1. The lowest BCUT2D eigenvalue weighted by Crippen LogP contribution is -2.46. The molecule has 0 saturated carbocycles. The fraction of sp³-hybridized carbons (Fsp3) is 0.700. The number of ether oxygens (including phenoxy) is 1. The zero-order valence-electron chi connectivity index (χ0n) is 39.3. The lowest BCUT2D eigenvalue weighted by molar-refractivity contribution is -0.137. The zero-order valence-corrected chi connectivity index (χ0v) is 42.8. The molecule has 3 aromatic heterocycles. The Labute approximate surface area is 403 Å². The number of nitrogen functional groups attached to an aromatic ring is 1. The number of hydrogen-bond donors (Lipinski definition) is 9. The van der Waals surface area contributed by atoms with Gasteiger partial charge in [0.15, 0.2) is 22.8 Å². The molecule has 0 aliphatic carbocycles. The quantitative estimate of drug-likeness (QED) is 0.0322. The summed E-state index contributed by atoms with van der Waals surface area (Å²) in [6, 6.07) is 0. The Morgan fingerprint density at radius 1 is 0.899 bits per heavy atom. The molecule has 2 amide bonds. The van der Waals surface area contributed by atoms with Crippen molar-refractivity contribution >= 4 is 69.1 Å². The topological polar surface area (TPSA) is 377 Å². The van der Waals surface area contributed by atoms with E-state index >= 15 is 0 Å². The normalized spacial score (nSPS) is 19.9. The number of aryl methyl sites for hydroxylation is 2. The second-order valence-electron chi connectivity index (χ2n) is 17.2. The number of imidazole rings is 1. The Balaban J connectivity index is 1.10. The SMILES string of the molecule is CCCCCCc1oc(CCCCCCC(=O)SCCNC(=O)CCNC(=O)C(O)C(C)(C)COP(=O)(O)OP(=O)(O)OCC2OC(n3cnc4c(N)ncnc43)C(O)C2OP(=O)(O)O)c(C)c1C. The van der Waals surface area contributed by atoms with Crippen LogP contribution in [0.1, 0.15) is 114 Å². The minimum atomic E-state index is -5.58. The second kappa shape index (κ2) is 26.5. The van der Waals surface area contributed by atoms with Crippen molar-refractivity contribution in [2.75, 3.05) is 37.8 Å². The van der Waals surface area contributed by atoms with Crippen molar-refractivity contribution in [1.82, 2.24) is 30.2 Å². The molecule has 4 rings (SSSR count). The van der Waals surface area contributed by atoms with Crippen molar-refractivity contribution < 1.29 is 84.9 Å². The molecule has 0 radical (unpaired) electrons. The Hall–Kier alpha value is -3.16. The number of hydrogen-bond acceptors (Lipinski definition) is 19. The van der Waals surface area contributed by atoms with E-state index < -0.39 is 84.6 Å². The molecule has 1 aliphatic rings. The van der Waals surface area contributed by atoms with E-state index in [1.807, 2.05) is 0 Å². The number of amides is 2. The molecule has 7 atom stereocenters. The molecule has 3 aromatic rings. The van der Waals surface area contributed by atoms with Gasteiger partial charge in [-0.2, -0.15) is 4.31 Å². The number of aliphatic hydroxyl groups is 2. The van der Waals surface area contributed by atoms with Gasteiger partial charge in [-0.25, -0.2) is 28.6 Å². The number of furan rings is 1. The van der Waals surface area contributed by atoms with Crippen LogP contribution < -0.4 is 16.4 Å². The number of carbonyl (C=O) groups excluding carboxylic acids is 3. The Kier molecular flexibility index (Phi) is 22.4. The fourth-order valence-electron chi connectivity index (χ4n) is 7.19. The third-order valence-electron chi connectivity index (χ3n) is 11.2. The van der Waals surface area contributed by atoms with Crippen LogP contribution in [0.3, 0.4) is 0 Å². The molecule has 1 saturated heterocycles. The van der Waals surface area contributed by atoms with Gasteiger partial charge in [-0.15, -0.1) is 0 Å². The van der Waals surface area contributed by atoms with Crippen LogP contribution in [-0.4, -0.2) is 123 Å². The van der Waals surface area contributed by atoms with Crippen molar-refractivity contribution in [2.45, 2.75) is 142 Å². The number of unbranched alkanes of at least 4 members (excludes halogenated alkanes) is 6. The first-order chi connectivity index (χ1) is 32.3. The maximum atomic E-state index is 12.8. The minimum absolute atomic E-state index is 0.0309. The third kappa shape index (κ3) is 18.4. The van der Waals surface area contributed by atoms with Gasteiger partial charge in [0.1, 0.15) is 47.8 Å². The first-order valence-corrected chi connectivity index (χ1v) is 28.0. The highest BCUT2D eigenvalue weighted by Crippen LogP contribution is 2.61. The summed E-state index contributed by atoms with van der Waals surface area (Å²) in [5, 5.41) is 26.7.